The standard InChI is InChI=1S/C21H22N2O2S/c1-15-12-13-19(26(23,24)25)18(14-15)20(16-8-4-2-5-9-16)21(22)17-10-6-3-7-11-17/h2-14,20-21H,22H2,1H3,(H2,23,24,25)/t20-,21+/m1/s1. The summed E-state index contributed by atoms with van der Waals surface area (Å²) < 4.78 is 24.4. The van der Waals surface area contributed by atoms with Crippen molar-refractivity contribution in [3.8, 4) is 0 Å². The average molecular weight is 366 g/mol. The first-order valence-electron chi connectivity index (χ1n) is 8.37. The number of primary sulfonamides is 1. The summed E-state index contributed by atoms with van der Waals surface area (Å²) in [6, 6.07) is 24.1. The van der Waals surface area contributed by atoms with Crippen molar-refractivity contribution in [2.75, 3.05) is 0 Å². The van der Waals surface area contributed by atoms with Crippen LogP contribution in [-0.2, 0) is 10.0 Å². The van der Waals surface area contributed by atoms with E-state index in [1.165, 1.54) is 0 Å². The van der Waals surface area contributed by atoms with E-state index in [2.05, 4.69) is 0 Å². The van der Waals surface area contributed by atoms with Crippen molar-refractivity contribution < 1.29 is 8.42 Å². The van der Waals surface area contributed by atoms with Crippen LogP contribution in [0.2, 0.25) is 0 Å². The first-order valence-corrected chi connectivity index (χ1v) is 9.91. The maximum absolute atomic E-state index is 12.2. The molecule has 0 saturated carbocycles. The van der Waals surface area contributed by atoms with Gasteiger partial charge in [-0.25, -0.2) is 13.6 Å². The van der Waals surface area contributed by atoms with Gasteiger partial charge >= 0.3 is 0 Å². The van der Waals surface area contributed by atoms with Crippen LogP contribution >= 0.6 is 0 Å². The van der Waals surface area contributed by atoms with Crippen LogP contribution in [0.4, 0.5) is 0 Å². The van der Waals surface area contributed by atoms with E-state index >= 15 is 0 Å². The Morgan fingerprint density at radius 1 is 0.808 bits per heavy atom. The summed E-state index contributed by atoms with van der Waals surface area (Å²) in [5.41, 5.74) is 10.1. The molecule has 2 atom stereocenters. The maximum atomic E-state index is 12.2. The van der Waals surface area contributed by atoms with Gasteiger partial charge in [-0.15, -0.1) is 0 Å². The van der Waals surface area contributed by atoms with E-state index in [9.17, 15) is 8.42 Å². The van der Waals surface area contributed by atoms with E-state index in [-0.39, 0.29) is 10.8 Å². The Morgan fingerprint density at radius 3 is 1.88 bits per heavy atom. The third-order valence-corrected chi connectivity index (χ3v) is 5.49. The average Bonchev–Trinajstić information content (AvgIpc) is 2.62. The largest absolute Gasteiger partial charge is 0.323 e. The molecule has 26 heavy (non-hydrogen) atoms. The first-order chi connectivity index (χ1) is 12.4. The predicted molar refractivity (Wildman–Crippen MR) is 104 cm³/mol. The Kier molecular flexibility index (Phi) is 5.23. The molecular formula is C21H22N2O2S. The molecule has 0 aliphatic rings. The van der Waals surface area contributed by atoms with Gasteiger partial charge in [0, 0.05) is 12.0 Å². The summed E-state index contributed by atoms with van der Waals surface area (Å²) in [7, 11) is -3.87. The van der Waals surface area contributed by atoms with Crippen LogP contribution in [0.5, 0.6) is 0 Å². The second-order valence-electron chi connectivity index (χ2n) is 6.41. The van der Waals surface area contributed by atoms with Crippen LogP contribution in [0.25, 0.3) is 0 Å². The number of rotatable bonds is 5. The summed E-state index contributed by atoms with van der Waals surface area (Å²) in [5.74, 6) is -0.341. The molecule has 0 unspecified atom stereocenters. The number of hydrogen-bond donors (Lipinski definition) is 2. The lowest BCUT2D eigenvalue weighted by Crippen LogP contribution is -2.24. The molecule has 3 aromatic carbocycles. The van der Waals surface area contributed by atoms with Crippen molar-refractivity contribution in [2.45, 2.75) is 23.8 Å². The van der Waals surface area contributed by atoms with Gasteiger partial charge in [0.1, 0.15) is 0 Å². The molecule has 4 N–H and O–H groups in total. The molecule has 3 aromatic rings. The number of nitrogens with two attached hydrogens (primary N) is 2. The summed E-state index contributed by atoms with van der Waals surface area (Å²) in [6.07, 6.45) is 0. The fourth-order valence-corrected chi connectivity index (χ4v) is 4.05. The number of benzene rings is 3. The molecule has 0 amide bonds. The molecule has 0 heterocycles. The van der Waals surface area contributed by atoms with Crippen molar-refractivity contribution in [2.24, 2.45) is 10.9 Å². The van der Waals surface area contributed by atoms with Crippen molar-refractivity contribution >= 4 is 10.0 Å². The van der Waals surface area contributed by atoms with Gasteiger partial charge in [-0.2, -0.15) is 0 Å². The van der Waals surface area contributed by atoms with Crippen LogP contribution in [0, 0.1) is 6.92 Å². The third-order valence-electron chi connectivity index (χ3n) is 4.51. The number of hydrogen-bond acceptors (Lipinski definition) is 3. The zero-order chi connectivity index (χ0) is 18.7. The number of aryl methyl sites for hydroxylation is 1. The molecular weight excluding hydrogens is 344 g/mol. The summed E-state index contributed by atoms with van der Waals surface area (Å²) in [6.45, 7) is 1.92. The maximum Gasteiger partial charge on any atom is 0.238 e. The Hall–Kier alpha value is -2.47. The van der Waals surface area contributed by atoms with Crippen LogP contribution < -0.4 is 10.9 Å². The fraction of sp³-hybridized carbons (Fsp3) is 0.143. The molecule has 0 fully saturated rings. The van der Waals surface area contributed by atoms with Crippen molar-refractivity contribution in [1.29, 1.82) is 0 Å². The zero-order valence-corrected chi connectivity index (χ0v) is 15.4. The summed E-state index contributed by atoms with van der Waals surface area (Å²) in [4.78, 5) is 0.114. The Balaban J connectivity index is 2.25. The highest BCUT2D eigenvalue weighted by molar-refractivity contribution is 7.89. The second kappa shape index (κ2) is 7.41. The van der Waals surface area contributed by atoms with Crippen molar-refractivity contribution in [1.82, 2.24) is 0 Å². The lowest BCUT2D eigenvalue weighted by molar-refractivity contribution is 0.587. The van der Waals surface area contributed by atoms with Crippen molar-refractivity contribution in [3.63, 3.8) is 0 Å². The van der Waals surface area contributed by atoms with E-state index in [1.807, 2.05) is 73.7 Å². The second-order valence-corrected chi connectivity index (χ2v) is 7.94. The Labute approximate surface area is 154 Å². The number of sulfonamides is 1. The molecule has 0 aliphatic carbocycles. The third kappa shape index (κ3) is 3.85. The topological polar surface area (TPSA) is 86.2 Å². The molecule has 3 rings (SSSR count). The lowest BCUT2D eigenvalue weighted by atomic mass is 9.82. The lowest BCUT2D eigenvalue weighted by Gasteiger charge is -2.27. The molecule has 0 bridgehead atoms. The molecule has 0 aliphatic heterocycles. The quantitative estimate of drug-likeness (QED) is 0.725. The van der Waals surface area contributed by atoms with Gasteiger partial charge < -0.3 is 5.73 Å². The highest BCUT2D eigenvalue weighted by Gasteiger charge is 2.28. The minimum atomic E-state index is -3.87. The van der Waals surface area contributed by atoms with Gasteiger partial charge in [-0.05, 0) is 29.7 Å². The predicted octanol–water partition coefficient (Wildman–Crippen LogP) is 3.47. The van der Waals surface area contributed by atoms with Gasteiger partial charge in [0.2, 0.25) is 10.0 Å². The molecule has 134 valence electrons. The van der Waals surface area contributed by atoms with E-state index in [0.717, 1.165) is 16.7 Å². The minimum absolute atomic E-state index is 0.114. The van der Waals surface area contributed by atoms with Gasteiger partial charge in [0.15, 0.2) is 0 Å². The molecule has 0 saturated heterocycles. The van der Waals surface area contributed by atoms with E-state index < -0.39 is 16.1 Å². The normalized spacial score (nSPS) is 14.0. The monoisotopic (exact) mass is 366 g/mol. The smallest absolute Gasteiger partial charge is 0.238 e. The van der Waals surface area contributed by atoms with Crippen LogP contribution in [-0.4, -0.2) is 8.42 Å². The van der Waals surface area contributed by atoms with Crippen molar-refractivity contribution in [3.05, 3.63) is 101 Å². The molecule has 0 aromatic heterocycles. The Bertz CT molecular complexity index is 987. The Morgan fingerprint density at radius 2 is 1.35 bits per heavy atom. The highest BCUT2D eigenvalue weighted by Crippen LogP contribution is 2.38. The minimum Gasteiger partial charge on any atom is -0.323 e. The fourth-order valence-electron chi connectivity index (χ4n) is 3.28. The molecule has 4 nitrogen and oxygen atoms in total. The van der Waals surface area contributed by atoms with Gasteiger partial charge in [-0.1, -0.05) is 78.4 Å². The zero-order valence-electron chi connectivity index (χ0n) is 14.5. The van der Waals surface area contributed by atoms with Crippen LogP contribution in [0.15, 0.2) is 83.8 Å². The van der Waals surface area contributed by atoms with E-state index in [1.54, 1.807) is 12.1 Å². The SMILES string of the molecule is Cc1ccc(S(N)(=O)=O)c([C@@H](c2ccccc2)[C@@H](N)c2ccccc2)c1. The van der Waals surface area contributed by atoms with Gasteiger partial charge in [0.25, 0.3) is 0 Å². The van der Waals surface area contributed by atoms with Gasteiger partial charge in [-0.3, -0.25) is 0 Å². The first kappa shape index (κ1) is 18.3. The van der Waals surface area contributed by atoms with Crippen LogP contribution in [0.1, 0.15) is 34.2 Å². The van der Waals surface area contributed by atoms with E-state index in [0.29, 0.717) is 5.56 Å². The van der Waals surface area contributed by atoms with Gasteiger partial charge in [0.05, 0.1) is 4.90 Å². The summed E-state index contributed by atoms with van der Waals surface area (Å²) >= 11 is 0. The molecule has 0 spiro atoms. The highest BCUT2D eigenvalue weighted by atomic mass is 32.2. The summed E-state index contributed by atoms with van der Waals surface area (Å²) in [5, 5.41) is 5.49. The van der Waals surface area contributed by atoms with E-state index in [4.69, 9.17) is 10.9 Å². The van der Waals surface area contributed by atoms with Crippen LogP contribution in [0.3, 0.4) is 0 Å². The molecule has 5 heteroatoms. The molecule has 0 radical (unpaired) electrons.